The highest BCUT2D eigenvalue weighted by atomic mass is 127. The van der Waals surface area contributed by atoms with E-state index in [0.29, 0.717) is 6.04 Å². The van der Waals surface area contributed by atoms with Crippen LogP contribution in [0.5, 0.6) is 0 Å². The van der Waals surface area contributed by atoms with Crippen LogP contribution in [-0.4, -0.2) is 50.1 Å². The van der Waals surface area contributed by atoms with Crippen molar-refractivity contribution in [3.8, 4) is 0 Å². The van der Waals surface area contributed by atoms with Gasteiger partial charge in [0.2, 0.25) is 0 Å². The predicted octanol–water partition coefficient (Wildman–Crippen LogP) is 3.47. The van der Waals surface area contributed by atoms with Crippen LogP contribution in [0.1, 0.15) is 58.3 Å². The Labute approximate surface area is 165 Å². The number of nitrogens with zero attached hydrogens (tertiary/aromatic N) is 2. The van der Waals surface area contributed by atoms with Gasteiger partial charge in [0.05, 0.1) is 0 Å². The van der Waals surface area contributed by atoms with Gasteiger partial charge in [0.25, 0.3) is 0 Å². The fourth-order valence-electron chi connectivity index (χ4n) is 5.11. The summed E-state index contributed by atoms with van der Waals surface area (Å²) in [6.07, 6.45) is 11.1. The van der Waals surface area contributed by atoms with Crippen molar-refractivity contribution in [2.75, 3.05) is 33.2 Å². The fourth-order valence-corrected chi connectivity index (χ4v) is 5.11. The molecule has 0 amide bonds. The van der Waals surface area contributed by atoms with E-state index in [1.807, 2.05) is 7.05 Å². The summed E-state index contributed by atoms with van der Waals surface area (Å²) in [6, 6.07) is 0.594. The summed E-state index contributed by atoms with van der Waals surface area (Å²) in [5.41, 5.74) is 0. The van der Waals surface area contributed by atoms with E-state index in [0.717, 1.165) is 30.3 Å². The van der Waals surface area contributed by atoms with Gasteiger partial charge in [-0.3, -0.25) is 4.99 Å². The molecular formula is C19H37IN4. The third-order valence-corrected chi connectivity index (χ3v) is 6.38. The number of halogens is 1. The Bertz CT molecular complexity index is 393. The van der Waals surface area contributed by atoms with Crippen LogP contribution in [0.2, 0.25) is 0 Å². The highest BCUT2D eigenvalue weighted by Crippen LogP contribution is 2.49. The van der Waals surface area contributed by atoms with E-state index in [1.165, 1.54) is 71.0 Å². The zero-order valence-electron chi connectivity index (χ0n) is 15.6. The Hall–Kier alpha value is -0.0400. The van der Waals surface area contributed by atoms with Crippen molar-refractivity contribution < 1.29 is 0 Å². The summed E-state index contributed by atoms with van der Waals surface area (Å²) in [5.74, 6) is 4.11. The van der Waals surface area contributed by atoms with Gasteiger partial charge >= 0.3 is 0 Å². The maximum Gasteiger partial charge on any atom is 0.191 e. The Balaban J connectivity index is 0.00000208. The second-order valence-corrected chi connectivity index (χ2v) is 7.98. The van der Waals surface area contributed by atoms with E-state index in [9.17, 15) is 0 Å². The minimum Gasteiger partial charge on any atom is -0.356 e. The summed E-state index contributed by atoms with van der Waals surface area (Å²) in [7, 11) is 1.90. The number of aliphatic imine (C=N–C) groups is 1. The van der Waals surface area contributed by atoms with Gasteiger partial charge in [0.15, 0.2) is 5.96 Å². The van der Waals surface area contributed by atoms with E-state index in [2.05, 4.69) is 27.4 Å². The lowest BCUT2D eigenvalue weighted by molar-refractivity contribution is 0.206. The summed E-state index contributed by atoms with van der Waals surface area (Å²) in [6.45, 7) is 7.07. The fraction of sp³-hybridized carbons (Fsp3) is 0.947. The summed E-state index contributed by atoms with van der Waals surface area (Å²) >= 11 is 0. The van der Waals surface area contributed by atoms with Crippen molar-refractivity contribution in [3.05, 3.63) is 0 Å². The molecule has 0 radical (unpaired) electrons. The highest BCUT2D eigenvalue weighted by Gasteiger charge is 2.38. The van der Waals surface area contributed by atoms with Gasteiger partial charge in [-0.25, -0.2) is 0 Å². The first kappa shape index (κ1) is 20.3. The molecule has 1 saturated heterocycles. The number of guanidine groups is 1. The molecule has 2 bridgehead atoms. The lowest BCUT2D eigenvalue weighted by atomic mass is 9.86. The molecule has 3 fully saturated rings. The van der Waals surface area contributed by atoms with Crippen molar-refractivity contribution in [2.45, 2.75) is 64.3 Å². The summed E-state index contributed by atoms with van der Waals surface area (Å²) < 4.78 is 0. The largest absolute Gasteiger partial charge is 0.356 e. The molecule has 4 nitrogen and oxygen atoms in total. The van der Waals surface area contributed by atoms with Crippen molar-refractivity contribution in [1.29, 1.82) is 0 Å². The average Bonchev–Trinajstić information content (AvgIpc) is 3.19. The van der Waals surface area contributed by atoms with Crippen molar-refractivity contribution in [3.63, 3.8) is 0 Å². The molecule has 0 aromatic rings. The molecule has 140 valence electrons. The Morgan fingerprint density at radius 1 is 1.12 bits per heavy atom. The smallest absolute Gasteiger partial charge is 0.191 e. The molecule has 24 heavy (non-hydrogen) atoms. The number of fused-ring (bicyclic) bond motifs is 2. The molecule has 2 saturated carbocycles. The quantitative estimate of drug-likeness (QED) is 0.372. The molecule has 3 rings (SSSR count). The number of nitrogens with one attached hydrogen (secondary N) is 2. The lowest BCUT2D eigenvalue weighted by Gasteiger charge is -2.33. The van der Waals surface area contributed by atoms with Crippen LogP contribution in [0.15, 0.2) is 4.99 Å². The van der Waals surface area contributed by atoms with Crippen LogP contribution >= 0.6 is 24.0 Å². The third kappa shape index (κ3) is 5.48. The molecule has 0 aromatic heterocycles. The topological polar surface area (TPSA) is 39.7 Å². The second kappa shape index (κ2) is 10.2. The van der Waals surface area contributed by atoms with E-state index < -0.39 is 0 Å². The van der Waals surface area contributed by atoms with Crippen LogP contribution < -0.4 is 10.6 Å². The van der Waals surface area contributed by atoms with Crippen LogP contribution in [-0.2, 0) is 0 Å². The van der Waals surface area contributed by atoms with Crippen LogP contribution in [0.4, 0.5) is 0 Å². The molecule has 0 aromatic carbocycles. The summed E-state index contributed by atoms with van der Waals surface area (Å²) in [5, 5.41) is 7.20. The van der Waals surface area contributed by atoms with Gasteiger partial charge in [0, 0.05) is 32.7 Å². The normalized spacial score (nSPS) is 31.1. The highest BCUT2D eigenvalue weighted by molar-refractivity contribution is 14.0. The third-order valence-electron chi connectivity index (χ3n) is 6.38. The lowest BCUT2D eigenvalue weighted by Crippen LogP contribution is -2.49. The van der Waals surface area contributed by atoms with Crippen LogP contribution in [0, 0.1) is 17.8 Å². The van der Waals surface area contributed by atoms with Gasteiger partial charge in [0.1, 0.15) is 0 Å². The van der Waals surface area contributed by atoms with Gasteiger partial charge in [-0.15, -0.1) is 24.0 Å². The van der Waals surface area contributed by atoms with Gasteiger partial charge < -0.3 is 15.5 Å². The molecule has 3 aliphatic rings. The minimum absolute atomic E-state index is 0. The maximum absolute atomic E-state index is 4.43. The zero-order valence-corrected chi connectivity index (χ0v) is 17.9. The first-order valence-corrected chi connectivity index (χ1v) is 9.98. The van der Waals surface area contributed by atoms with Crippen LogP contribution in [0.3, 0.4) is 0 Å². The van der Waals surface area contributed by atoms with E-state index in [1.54, 1.807) is 0 Å². The van der Waals surface area contributed by atoms with Gasteiger partial charge in [-0.1, -0.05) is 13.3 Å². The first-order chi connectivity index (χ1) is 11.3. The Kier molecular flexibility index (Phi) is 8.61. The Morgan fingerprint density at radius 3 is 2.50 bits per heavy atom. The van der Waals surface area contributed by atoms with E-state index in [-0.39, 0.29) is 24.0 Å². The molecule has 2 aliphatic carbocycles. The number of rotatable bonds is 6. The van der Waals surface area contributed by atoms with E-state index in [4.69, 9.17) is 0 Å². The predicted molar refractivity (Wildman–Crippen MR) is 113 cm³/mol. The van der Waals surface area contributed by atoms with Crippen molar-refractivity contribution >= 4 is 29.9 Å². The number of hydrogen-bond acceptors (Lipinski definition) is 2. The van der Waals surface area contributed by atoms with Crippen molar-refractivity contribution in [2.24, 2.45) is 22.7 Å². The molecule has 1 heterocycles. The number of hydrogen-bond donors (Lipinski definition) is 2. The van der Waals surface area contributed by atoms with Gasteiger partial charge in [-0.2, -0.15) is 0 Å². The van der Waals surface area contributed by atoms with E-state index >= 15 is 0 Å². The standard InChI is InChI=1S/C19H36N4.HI/c1-3-10-23-11-7-18(8-12-23)22-19(20-2)21-9-6-17-14-15-4-5-16(17)13-15;/h15-18H,3-14H2,1-2H3,(H2,20,21,22);1H. The monoisotopic (exact) mass is 448 g/mol. The van der Waals surface area contributed by atoms with Crippen molar-refractivity contribution in [1.82, 2.24) is 15.5 Å². The minimum atomic E-state index is 0. The molecule has 3 unspecified atom stereocenters. The molecule has 1 aliphatic heterocycles. The van der Waals surface area contributed by atoms with Crippen LogP contribution in [0.25, 0.3) is 0 Å². The molecule has 2 N–H and O–H groups in total. The SMILES string of the molecule is CCCN1CCC(NC(=NC)NCCC2CC3CCC2C3)CC1.I. The maximum atomic E-state index is 4.43. The molecular weight excluding hydrogens is 411 g/mol. The first-order valence-electron chi connectivity index (χ1n) is 9.98. The molecule has 0 spiro atoms. The van der Waals surface area contributed by atoms with Gasteiger partial charge in [-0.05, 0) is 69.2 Å². The second-order valence-electron chi connectivity index (χ2n) is 7.98. The number of piperidine rings is 1. The molecule has 5 heteroatoms. The number of likely N-dealkylation sites (tertiary alicyclic amines) is 1. The summed E-state index contributed by atoms with van der Waals surface area (Å²) in [4.78, 5) is 7.02. The zero-order chi connectivity index (χ0) is 16.1. The Morgan fingerprint density at radius 2 is 1.92 bits per heavy atom. The average molecular weight is 448 g/mol. The molecule has 3 atom stereocenters.